The van der Waals surface area contributed by atoms with Crippen LogP contribution in [0.3, 0.4) is 0 Å². The molecule has 0 aliphatic heterocycles. The van der Waals surface area contributed by atoms with E-state index in [4.69, 9.17) is 10.8 Å². The molecule has 21 heavy (non-hydrogen) atoms. The largest absolute Gasteiger partial charge is 0.478 e. The molecule has 1 heterocycles. The molecular weight excluding hydrogens is 278 g/mol. The first-order valence-corrected chi connectivity index (χ1v) is 5.74. The number of rotatable bonds is 5. The van der Waals surface area contributed by atoms with Gasteiger partial charge in [0.05, 0.1) is 11.8 Å². The molecule has 1 aromatic carbocycles. The predicted octanol–water partition coefficient (Wildman–Crippen LogP) is -0.896. The van der Waals surface area contributed by atoms with Crippen LogP contribution in [0.2, 0.25) is 0 Å². The Labute approximate surface area is 118 Å². The number of nitrogens with one attached hydrogen (secondary N) is 1. The van der Waals surface area contributed by atoms with E-state index >= 15 is 0 Å². The number of carbonyl (C=O) groups excluding carboxylic acids is 1. The summed E-state index contributed by atoms with van der Waals surface area (Å²) in [5, 5.41) is 22.9. The monoisotopic (exact) mass is 289 g/mol. The molecule has 0 unspecified atom stereocenters. The summed E-state index contributed by atoms with van der Waals surface area (Å²) in [6.45, 7) is -0.198. The van der Waals surface area contributed by atoms with Gasteiger partial charge in [-0.3, -0.25) is 4.79 Å². The van der Waals surface area contributed by atoms with E-state index in [2.05, 4.69) is 26.1 Å². The Morgan fingerprint density at radius 3 is 2.86 bits per heavy atom. The van der Waals surface area contributed by atoms with Crippen LogP contribution in [0.15, 0.2) is 29.4 Å². The van der Waals surface area contributed by atoms with Gasteiger partial charge in [-0.1, -0.05) is 23.3 Å². The van der Waals surface area contributed by atoms with Crippen LogP contribution in [0.5, 0.6) is 0 Å². The number of amides is 1. The van der Waals surface area contributed by atoms with E-state index in [-0.39, 0.29) is 18.1 Å². The van der Waals surface area contributed by atoms with E-state index in [1.165, 1.54) is 12.3 Å². The minimum absolute atomic E-state index is 0.00496. The number of nitrogens with zero attached hydrogens (tertiary/aromatic N) is 5. The van der Waals surface area contributed by atoms with Gasteiger partial charge in [-0.05, 0) is 16.5 Å². The highest BCUT2D eigenvalue weighted by Gasteiger charge is 2.08. The molecule has 1 aromatic heterocycles. The number of hydrazone groups is 1. The molecular formula is C11H11N7O3. The van der Waals surface area contributed by atoms with Crippen LogP contribution >= 0.6 is 0 Å². The first kappa shape index (κ1) is 14.1. The number of hydrogen-bond acceptors (Lipinski definition) is 7. The van der Waals surface area contributed by atoms with E-state index in [1.54, 1.807) is 18.2 Å². The lowest BCUT2D eigenvalue weighted by molar-refractivity contribution is -0.121. The molecule has 2 rings (SSSR count). The van der Waals surface area contributed by atoms with Crippen LogP contribution < -0.4 is 11.2 Å². The number of carboxylic acids is 1. The van der Waals surface area contributed by atoms with Crippen molar-refractivity contribution in [2.75, 3.05) is 5.73 Å². The summed E-state index contributed by atoms with van der Waals surface area (Å²) < 4.78 is 1.09. The van der Waals surface area contributed by atoms with Crippen molar-refractivity contribution >= 4 is 24.0 Å². The number of hydrogen-bond donors (Lipinski definition) is 3. The van der Waals surface area contributed by atoms with Crippen LogP contribution in [0, 0.1) is 0 Å². The third kappa shape index (κ3) is 3.59. The maximum atomic E-state index is 11.6. The van der Waals surface area contributed by atoms with Gasteiger partial charge < -0.3 is 10.8 Å². The van der Waals surface area contributed by atoms with Crippen LogP contribution in [-0.4, -0.2) is 43.4 Å². The summed E-state index contributed by atoms with van der Waals surface area (Å²) in [5.41, 5.74) is 8.08. The summed E-state index contributed by atoms with van der Waals surface area (Å²) in [5.74, 6) is -1.58. The quantitative estimate of drug-likeness (QED) is 0.477. The van der Waals surface area contributed by atoms with Gasteiger partial charge in [-0.25, -0.2) is 14.9 Å². The van der Waals surface area contributed by atoms with Gasteiger partial charge in [0.2, 0.25) is 5.95 Å². The van der Waals surface area contributed by atoms with Crippen molar-refractivity contribution in [1.29, 1.82) is 0 Å². The van der Waals surface area contributed by atoms with Crippen LogP contribution in [-0.2, 0) is 11.3 Å². The van der Waals surface area contributed by atoms with Gasteiger partial charge in [-0.2, -0.15) is 5.10 Å². The van der Waals surface area contributed by atoms with Gasteiger partial charge in [0.1, 0.15) is 6.54 Å². The van der Waals surface area contributed by atoms with Gasteiger partial charge in [0.25, 0.3) is 5.91 Å². The average molecular weight is 289 g/mol. The van der Waals surface area contributed by atoms with Crippen molar-refractivity contribution in [2.45, 2.75) is 6.54 Å². The summed E-state index contributed by atoms with van der Waals surface area (Å²) >= 11 is 0. The molecule has 0 aliphatic rings. The van der Waals surface area contributed by atoms with Crippen LogP contribution in [0.1, 0.15) is 15.9 Å². The van der Waals surface area contributed by atoms with E-state index in [0.717, 1.165) is 4.68 Å². The number of anilines is 1. The molecule has 10 heteroatoms. The SMILES string of the molecule is Nc1nnnn1CC(=O)N/N=C/c1ccccc1C(=O)O. The molecule has 0 bridgehead atoms. The Morgan fingerprint density at radius 2 is 2.19 bits per heavy atom. The Morgan fingerprint density at radius 1 is 1.43 bits per heavy atom. The van der Waals surface area contributed by atoms with Crippen LogP contribution in [0.25, 0.3) is 0 Å². The fourth-order valence-electron chi connectivity index (χ4n) is 1.47. The lowest BCUT2D eigenvalue weighted by Gasteiger charge is -2.01. The number of aromatic carboxylic acids is 1. The molecule has 0 atom stereocenters. The second-order valence-electron chi connectivity index (χ2n) is 3.88. The topological polar surface area (TPSA) is 148 Å². The maximum Gasteiger partial charge on any atom is 0.336 e. The first-order valence-electron chi connectivity index (χ1n) is 5.74. The first-order chi connectivity index (χ1) is 10.1. The molecule has 0 aliphatic carbocycles. The van der Waals surface area contributed by atoms with E-state index < -0.39 is 11.9 Å². The molecule has 2 aromatic rings. The molecule has 0 spiro atoms. The zero-order valence-corrected chi connectivity index (χ0v) is 10.7. The predicted molar refractivity (Wildman–Crippen MR) is 71.4 cm³/mol. The fourth-order valence-corrected chi connectivity index (χ4v) is 1.47. The highest BCUT2D eigenvalue weighted by atomic mass is 16.4. The van der Waals surface area contributed by atoms with Crippen molar-refractivity contribution in [1.82, 2.24) is 25.6 Å². The second-order valence-corrected chi connectivity index (χ2v) is 3.88. The number of tetrazole rings is 1. The van der Waals surface area contributed by atoms with E-state index in [1.807, 2.05) is 0 Å². The number of nitrogen functional groups attached to an aromatic ring is 1. The number of carbonyl (C=O) groups is 2. The van der Waals surface area contributed by atoms with E-state index in [9.17, 15) is 9.59 Å². The van der Waals surface area contributed by atoms with Crippen molar-refractivity contribution < 1.29 is 14.7 Å². The minimum atomic E-state index is -1.08. The summed E-state index contributed by atoms with van der Waals surface area (Å²) in [4.78, 5) is 22.5. The third-order valence-electron chi connectivity index (χ3n) is 2.44. The lowest BCUT2D eigenvalue weighted by atomic mass is 10.1. The molecule has 10 nitrogen and oxygen atoms in total. The zero-order valence-electron chi connectivity index (χ0n) is 10.7. The molecule has 0 radical (unpaired) electrons. The Hall–Kier alpha value is -3.30. The van der Waals surface area contributed by atoms with Crippen molar-refractivity contribution in [3.8, 4) is 0 Å². The summed E-state index contributed by atoms with van der Waals surface area (Å²) in [6.07, 6.45) is 1.24. The maximum absolute atomic E-state index is 11.6. The average Bonchev–Trinajstić information content (AvgIpc) is 2.84. The number of aromatic nitrogens is 4. The molecule has 0 fully saturated rings. The van der Waals surface area contributed by atoms with Gasteiger partial charge in [0.15, 0.2) is 0 Å². The minimum Gasteiger partial charge on any atom is -0.478 e. The highest BCUT2D eigenvalue weighted by Crippen LogP contribution is 2.05. The molecule has 1 amide bonds. The lowest BCUT2D eigenvalue weighted by Crippen LogP contribution is -2.24. The summed E-state index contributed by atoms with van der Waals surface area (Å²) in [7, 11) is 0. The van der Waals surface area contributed by atoms with Gasteiger partial charge >= 0.3 is 5.97 Å². The molecule has 4 N–H and O–H groups in total. The number of nitrogens with two attached hydrogens (primary N) is 1. The normalized spacial score (nSPS) is 10.7. The molecule has 0 saturated carbocycles. The third-order valence-corrected chi connectivity index (χ3v) is 2.44. The fraction of sp³-hybridized carbons (Fsp3) is 0.0909. The van der Waals surface area contributed by atoms with Gasteiger partial charge in [-0.15, -0.1) is 0 Å². The van der Waals surface area contributed by atoms with Crippen molar-refractivity contribution in [3.05, 3.63) is 35.4 Å². The zero-order chi connectivity index (χ0) is 15.2. The van der Waals surface area contributed by atoms with Gasteiger partial charge in [0, 0.05) is 5.56 Å². The number of benzene rings is 1. The summed E-state index contributed by atoms with van der Waals surface area (Å²) in [6, 6.07) is 6.27. The Kier molecular flexibility index (Phi) is 4.19. The second kappa shape index (κ2) is 6.23. The van der Waals surface area contributed by atoms with Crippen molar-refractivity contribution in [2.24, 2.45) is 5.10 Å². The standard InChI is InChI=1S/C11H11N7O3/c12-11-15-16-17-18(11)6-9(19)14-13-5-7-3-1-2-4-8(7)10(20)21/h1-5H,6H2,(H,14,19)(H,20,21)(H2,12,15,17)/b13-5+. The smallest absolute Gasteiger partial charge is 0.336 e. The number of carboxylic acid groups (broad SMARTS) is 1. The molecule has 0 saturated heterocycles. The Balaban J connectivity index is 1.98. The van der Waals surface area contributed by atoms with E-state index in [0.29, 0.717) is 5.56 Å². The van der Waals surface area contributed by atoms with Crippen molar-refractivity contribution in [3.63, 3.8) is 0 Å². The molecule has 108 valence electrons. The van der Waals surface area contributed by atoms with Crippen LogP contribution in [0.4, 0.5) is 5.95 Å². The Bertz CT molecular complexity index is 695. The highest BCUT2D eigenvalue weighted by molar-refractivity contribution is 5.98.